The van der Waals surface area contributed by atoms with Crippen LogP contribution in [-0.4, -0.2) is 21.8 Å². The third-order valence-corrected chi connectivity index (χ3v) is 4.20. The Morgan fingerprint density at radius 3 is 3.00 bits per heavy atom. The molecule has 0 aliphatic carbocycles. The van der Waals surface area contributed by atoms with Gasteiger partial charge in [0.15, 0.2) is 0 Å². The van der Waals surface area contributed by atoms with E-state index in [0.717, 1.165) is 15.5 Å². The quantitative estimate of drug-likeness (QED) is 0.798. The second-order valence-electron chi connectivity index (χ2n) is 3.74. The molecule has 1 aromatic carbocycles. The van der Waals surface area contributed by atoms with Crippen LogP contribution in [0.5, 0.6) is 0 Å². The number of aromatic carboxylic acids is 1. The number of hydrogen-bond acceptors (Lipinski definition) is 5. The van der Waals surface area contributed by atoms with E-state index < -0.39 is 5.97 Å². The summed E-state index contributed by atoms with van der Waals surface area (Å²) < 4.78 is 0. The van der Waals surface area contributed by atoms with Crippen molar-refractivity contribution in [1.29, 1.82) is 0 Å². The van der Waals surface area contributed by atoms with Gasteiger partial charge in [0, 0.05) is 16.0 Å². The molecule has 0 saturated heterocycles. The van der Waals surface area contributed by atoms with Gasteiger partial charge in [0.2, 0.25) is 0 Å². The lowest BCUT2D eigenvalue weighted by Crippen LogP contribution is -2.07. The highest BCUT2D eigenvalue weighted by Gasteiger charge is 2.15. The highest BCUT2D eigenvalue weighted by molar-refractivity contribution is 7.99. The summed E-state index contributed by atoms with van der Waals surface area (Å²) in [4.78, 5) is 17.3. The van der Waals surface area contributed by atoms with Crippen molar-refractivity contribution >= 4 is 34.8 Å². The van der Waals surface area contributed by atoms with Crippen LogP contribution in [0.25, 0.3) is 0 Å². The van der Waals surface area contributed by atoms with Gasteiger partial charge in [-0.05, 0) is 17.9 Å². The van der Waals surface area contributed by atoms with Crippen LogP contribution in [0.1, 0.15) is 22.2 Å². The normalized spacial score (nSPS) is 10.4. The Morgan fingerprint density at radius 2 is 2.37 bits per heavy atom. The van der Waals surface area contributed by atoms with E-state index in [-0.39, 0.29) is 0 Å². The highest BCUT2D eigenvalue weighted by atomic mass is 32.2. The molecule has 2 rings (SSSR count). The molecule has 0 aliphatic rings. The first-order valence-electron chi connectivity index (χ1n) is 5.82. The van der Waals surface area contributed by atoms with E-state index in [2.05, 4.69) is 10.3 Å². The maximum Gasteiger partial charge on any atom is 0.338 e. The molecule has 0 fully saturated rings. The van der Waals surface area contributed by atoms with Gasteiger partial charge in [0.05, 0.1) is 23.3 Å². The van der Waals surface area contributed by atoms with Gasteiger partial charge in [-0.2, -0.15) is 0 Å². The van der Waals surface area contributed by atoms with E-state index in [1.54, 1.807) is 29.1 Å². The largest absolute Gasteiger partial charge is 0.478 e. The van der Waals surface area contributed by atoms with Crippen molar-refractivity contribution in [3.05, 3.63) is 40.3 Å². The number of thioether (sulfide) groups is 1. The van der Waals surface area contributed by atoms with Gasteiger partial charge in [-0.25, -0.2) is 4.79 Å². The molecule has 1 aromatic heterocycles. The molecule has 0 radical (unpaired) electrons. The van der Waals surface area contributed by atoms with E-state index in [4.69, 9.17) is 0 Å². The molecule has 100 valence electrons. The predicted molar refractivity (Wildman–Crippen MR) is 79.2 cm³/mol. The Labute approximate surface area is 119 Å². The minimum atomic E-state index is -0.900. The Morgan fingerprint density at radius 1 is 1.53 bits per heavy atom. The zero-order chi connectivity index (χ0) is 13.7. The Bertz CT molecular complexity index is 556. The number of nitrogens with one attached hydrogen (secondary N) is 1. The number of aromatic nitrogens is 1. The van der Waals surface area contributed by atoms with E-state index in [0.29, 0.717) is 17.8 Å². The molecular weight excluding hydrogens is 280 g/mol. The average Bonchev–Trinajstić information content (AvgIpc) is 2.89. The number of hydrogen-bond donors (Lipinski definition) is 2. The summed E-state index contributed by atoms with van der Waals surface area (Å²) in [6.07, 6.45) is 1.78. The van der Waals surface area contributed by atoms with Gasteiger partial charge in [-0.3, -0.25) is 4.98 Å². The maximum atomic E-state index is 11.4. The zero-order valence-corrected chi connectivity index (χ0v) is 12.1. The second-order valence-corrected chi connectivity index (χ2v) is 6.01. The summed E-state index contributed by atoms with van der Waals surface area (Å²) in [6.45, 7) is 2.60. The zero-order valence-electron chi connectivity index (χ0n) is 10.4. The predicted octanol–water partition coefficient (Wildman–Crippen LogP) is 3.57. The van der Waals surface area contributed by atoms with Gasteiger partial charge in [-0.15, -0.1) is 23.1 Å². The summed E-state index contributed by atoms with van der Waals surface area (Å²) in [7, 11) is 0. The molecule has 1 heterocycles. The molecule has 0 spiro atoms. The van der Waals surface area contributed by atoms with E-state index >= 15 is 0 Å². The topological polar surface area (TPSA) is 62.2 Å². The summed E-state index contributed by atoms with van der Waals surface area (Å²) in [5, 5.41) is 12.5. The van der Waals surface area contributed by atoms with Crippen molar-refractivity contribution in [2.24, 2.45) is 0 Å². The molecule has 0 aliphatic heterocycles. The number of carboxylic acids is 1. The van der Waals surface area contributed by atoms with Gasteiger partial charge in [0.1, 0.15) is 0 Å². The summed E-state index contributed by atoms with van der Waals surface area (Å²) in [5.41, 5.74) is 2.76. The van der Waals surface area contributed by atoms with E-state index in [1.165, 1.54) is 11.8 Å². The van der Waals surface area contributed by atoms with Gasteiger partial charge >= 0.3 is 5.97 Å². The fraction of sp³-hybridized carbons (Fsp3) is 0.231. The van der Waals surface area contributed by atoms with Crippen molar-refractivity contribution in [2.45, 2.75) is 18.4 Å². The van der Waals surface area contributed by atoms with Crippen LogP contribution in [0.2, 0.25) is 0 Å². The number of anilines is 1. The third-order valence-electron chi connectivity index (χ3n) is 2.48. The van der Waals surface area contributed by atoms with Crippen molar-refractivity contribution in [2.75, 3.05) is 11.1 Å². The van der Waals surface area contributed by atoms with Crippen molar-refractivity contribution in [3.63, 3.8) is 0 Å². The van der Waals surface area contributed by atoms with Crippen LogP contribution in [0.4, 0.5) is 5.69 Å². The molecule has 0 bridgehead atoms. The minimum Gasteiger partial charge on any atom is -0.478 e. The fourth-order valence-corrected chi connectivity index (χ4v) is 3.05. The molecule has 19 heavy (non-hydrogen) atoms. The van der Waals surface area contributed by atoms with Gasteiger partial charge in [-0.1, -0.05) is 13.0 Å². The molecule has 4 nitrogen and oxygen atoms in total. The molecule has 6 heteroatoms. The summed E-state index contributed by atoms with van der Waals surface area (Å²) in [6, 6.07) is 5.51. The first kappa shape index (κ1) is 13.9. The Hall–Kier alpha value is -1.53. The number of benzene rings is 1. The molecule has 2 N–H and O–H groups in total. The molecule has 2 aromatic rings. The second kappa shape index (κ2) is 6.58. The monoisotopic (exact) mass is 294 g/mol. The smallest absolute Gasteiger partial charge is 0.338 e. The third kappa shape index (κ3) is 3.48. The maximum absolute atomic E-state index is 11.4. The van der Waals surface area contributed by atoms with Crippen molar-refractivity contribution < 1.29 is 9.90 Å². The van der Waals surface area contributed by atoms with E-state index in [1.807, 2.05) is 19.1 Å². The first-order valence-corrected chi connectivity index (χ1v) is 7.69. The van der Waals surface area contributed by atoms with Gasteiger partial charge in [0.25, 0.3) is 0 Å². The number of rotatable bonds is 6. The average molecular weight is 294 g/mol. The van der Waals surface area contributed by atoms with Crippen LogP contribution in [0.15, 0.2) is 34.8 Å². The molecule has 0 unspecified atom stereocenters. The van der Waals surface area contributed by atoms with Gasteiger partial charge < -0.3 is 10.4 Å². The SMILES string of the molecule is CCSc1cccc(NCc2cncs2)c1C(=O)O. The lowest BCUT2D eigenvalue weighted by molar-refractivity contribution is 0.0694. The molecule has 0 atom stereocenters. The first-order chi connectivity index (χ1) is 9.22. The van der Waals surface area contributed by atoms with Crippen molar-refractivity contribution in [1.82, 2.24) is 4.98 Å². The minimum absolute atomic E-state index is 0.346. The summed E-state index contributed by atoms with van der Waals surface area (Å²) in [5.74, 6) is -0.0539. The lowest BCUT2D eigenvalue weighted by Gasteiger charge is -2.12. The highest BCUT2D eigenvalue weighted by Crippen LogP contribution is 2.29. The Balaban J connectivity index is 2.23. The summed E-state index contributed by atoms with van der Waals surface area (Å²) >= 11 is 3.08. The standard InChI is InChI=1S/C13H14N2O2S2/c1-2-18-11-5-3-4-10(12(11)13(16)17)15-7-9-6-14-8-19-9/h3-6,8,15H,2,7H2,1H3,(H,16,17). The van der Waals surface area contributed by atoms with Crippen LogP contribution >= 0.6 is 23.1 Å². The number of nitrogens with zero attached hydrogens (tertiary/aromatic N) is 1. The van der Waals surface area contributed by atoms with Crippen LogP contribution in [-0.2, 0) is 6.54 Å². The molecule has 0 amide bonds. The number of carbonyl (C=O) groups is 1. The number of carboxylic acid groups (broad SMARTS) is 1. The number of thiazole rings is 1. The Kier molecular flexibility index (Phi) is 4.81. The molecule has 0 saturated carbocycles. The van der Waals surface area contributed by atoms with Crippen molar-refractivity contribution in [3.8, 4) is 0 Å². The van der Waals surface area contributed by atoms with Crippen LogP contribution in [0.3, 0.4) is 0 Å². The lowest BCUT2D eigenvalue weighted by atomic mass is 10.1. The fourth-order valence-electron chi connectivity index (χ4n) is 1.69. The van der Waals surface area contributed by atoms with Crippen LogP contribution < -0.4 is 5.32 Å². The van der Waals surface area contributed by atoms with E-state index in [9.17, 15) is 9.90 Å². The molecular formula is C13H14N2O2S2. The van der Waals surface area contributed by atoms with Crippen LogP contribution in [0, 0.1) is 0 Å².